The van der Waals surface area contributed by atoms with Crippen LogP contribution in [0.4, 0.5) is 0 Å². The van der Waals surface area contributed by atoms with Crippen LogP contribution < -0.4 is 14.8 Å². The number of benzene rings is 2. The van der Waals surface area contributed by atoms with Crippen LogP contribution in [-0.4, -0.2) is 43.7 Å². The van der Waals surface area contributed by atoms with Crippen molar-refractivity contribution in [3.8, 4) is 11.5 Å². The Morgan fingerprint density at radius 3 is 2.63 bits per heavy atom. The second-order valence-corrected chi connectivity index (χ2v) is 8.15. The zero-order valence-electron chi connectivity index (χ0n) is 17.3. The first-order valence-electron chi connectivity index (χ1n) is 10.4. The molecule has 6 heteroatoms. The molecule has 3 aromatic rings. The minimum atomic E-state index is -0.132. The molecule has 1 saturated heterocycles. The lowest BCUT2D eigenvalue weighted by Crippen LogP contribution is -2.51. The number of methoxy groups -OCH3 is 2. The first-order chi connectivity index (χ1) is 14.6. The number of piperidine rings is 1. The van der Waals surface area contributed by atoms with Crippen molar-refractivity contribution in [3.05, 3.63) is 59.4 Å². The topological polar surface area (TPSA) is 63.9 Å². The minimum Gasteiger partial charge on any atom is -0.493 e. The number of furan rings is 1. The molecule has 0 unspecified atom stereocenters. The number of rotatable bonds is 4. The predicted octanol–water partition coefficient (Wildman–Crippen LogP) is 3.77. The summed E-state index contributed by atoms with van der Waals surface area (Å²) in [5.41, 5.74) is 3.34. The summed E-state index contributed by atoms with van der Waals surface area (Å²) in [7, 11) is 3.34. The van der Waals surface area contributed by atoms with E-state index in [0.29, 0.717) is 11.8 Å². The molecule has 3 heterocycles. The van der Waals surface area contributed by atoms with Crippen molar-refractivity contribution in [1.29, 1.82) is 0 Å². The van der Waals surface area contributed by atoms with Gasteiger partial charge in [0.25, 0.3) is 5.91 Å². The summed E-state index contributed by atoms with van der Waals surface area (Å²) in [4.78, 5) is 15.3. The second-order valence-electron chi connectivity index (χ2n) is 8.15. The molecule has 1 N–H and O–H groups in total. The number of fused-ring (bicyclic) bond motifs is 3. The number of para-hydroxylation sites is 1. The van der Waals surface area contributed by atoms with Gasteiger partial charge in [-0.1, -0.05) is 18.2 Å². The molecule has 0 spiro atoms. The zero-order valence-corrected chi connectivity index (χ0v) is 17.3. The van der Waals surface area contributed by atoms with Gasteiger partial charge in [-0.15, -0.1) is 0 Å². The molecule has 2 aliphatic heterocycles. The summed E-state index contributed by atoms with van der Waals surface area (Å²) in [6.07, 6.45) is 2.82. The molecule has 2 aromatic carbocycles. The van der Waals surface area contributed by atoms with E-state index in [4.69, 9.17) is 13.9 Å². The van der Waals surface area contributed by atoms with Crippen molar-refractivity contribution in [3.63, 3.8) is 0 Å². The zero-order chi connectivity index (χ0) is 20.7. The molecule has 2 aliphatic rings. The van der Waals surface area contributed by atoms with Crippen LogP contribution in [0.3, 0.4) is 0 Å². The molecular weight excluding hydrogens is 380 g/mol. The fraction of sp³-hybridized carbons (Fsp3) is 0.375. The average molecular weight is 406 g/mol. The number of carbonyl (C=O) groups excluding carboxylic acids is 1. The van der Waals surface area contributed by atoms with Crippen molar-refractivity contribution in [2.24, 2.45) is 0 Å². The Morgan fingerprint density at radius 2 is 1.87 bits per heavy atom. The second kappa shape index (κ2) is 7.69. The molecule has 1 fully saturated rings. The molecule has 1 amide bonds. The van der Waals surface area contributed by atoms with Gasteiger partial charge in [-0.3, -0.25) is 9.69 Å². The first kappa shape index (κ1) is 19.0. The number of hydrogen-bond donors (Lipinski definition) is 1. The SMILES string of the molecule is COc1cc2c(cc1OC)CN1CC[C@@H](NC(=O)c3cc4ccccc4o3)C[C@@H]1C2. The lowest BCUT2D eigenvalue weighted by Gasteiger charge is -2.43. The van der Waals surface area contributed by atoms with E-state index >= 15 is 0 Å². The first-order valence-corrected chi connectivity index (χ1v) is 10.4. The summed E-state index contributed by atoms with van der Waals surface area (Å²) in [5.74, 6) is 1.80. The van der Waals surface area contributed by atoms with E-state index in [-0.39, 0.29) is 11.9 Å². The largest absolute Gasteiger partial charge is 0.493 e. The minimum absolute atomic E-state index is 0.132. The molecular formula is C24H26N2O4. The summed E-state index contributed by atoms with van der Waals surface area (Å²) >= 11 is 0. The molecule has 5 rings (SSSR count). The van der Waals surface area contributed by atoms with E-state index in [1.54, 1.807) is 14.2 Å². The van der Waals surface area contributed by atoms with Crippen LogP contribution in [0.1, 0.15) is 34.5 Å². The fourth-order valence-corrected chi connectivity index (χ4v) is 4.77. The van der Waals surface area contributed by atoms with Crippen molar-refractivity contribution in [2.75, 3.05) is 20.8 Å². The van der Waals surface area contributed by atoms with Gasteiger partial charge in [0, 0.05) is 30.6 Å². The van der Waals surface area contributed by atoms with Gasteiger partial charge in [-0.2, -0.15) is 0 Å². The van der Waals surface area contributed by atoms with Crippen LogP contribution >= 0.6 is 0 Å². The quantitative estimate of drug-likeness (QED) is 0.715. The van der Waals surface area contributed by atoms with E-state index < -0.39 is 0 Å². The van der Waals surface area contributed by atoms with Crippen LogP contribution in [0, 0.1) is 0 Å². The maximum Gasteiger partial charge on any atom is 0.287 e. The van der Waals surface area contributed by atoms with Crippen molar-refractivity contribution in [1.82, 2.24) is 10.2 Å². The highest BCUT2D eigenvalue weighted by Gasteiger charge is 2.34. The number of amides is 1. The molecule has 6 nitrogen and oxygen atoms in total. The maximum atomic E-state index is 12.7. The van der Waals surface area contributed by atoms with Gasteiger partial charge in [0.05, 0.1) is 14.2 Å². The molecule has 156 valence electrons. The van der Waals surface area contributed by atoms with Gasteiger partial charge < -0.3 is 19.2 Å². The normalized spacial score (nSPS) is 21.0. The summed E-state index contributed by atoms with van der Waals surface area (Å²) < 4.78 is 16.7. The Hall–Kier alpha value is -2.99. The smallest absolute Gasteiger partial charge is 0.287 e. The van der Waals surface area contributed by atoms with E-state index in [0.717, 1.165) is 54.8 Å². The predicted molar refractivity (Wildman–Crippen MR) is 114 cm³/mol. The number of ether oxygens (including phenoxy) is 2. The number of nitrogens with zero attached hydrogens (tertiary/aromatic N) is 1. The van der Waals surface area contributed by atoms with Crippen LogP contribution in [0.5, 0.6) is 11.5 Å². The Morgan fingerprint density at radius 1 is 1.10 bits per heavy atom. The highest BCUT2D eigenvalue weighted by Crippen LogP contribution is 2.36. The van der Waals surface area contributed by atoms with E-state index in [2.05, 4.69) is 22.3 Å². The Bertz CT molecular complexity index is 1060. The lowest BCUT2D eigenvalue weighted by molar-refractivity contribution is 0.0801. The van der Waals surface area contributed by atoms with Crippen LogP contribution in [-0.2, 0) is 13.0 Å². The number of hydrogen-bond acceptors (Lipinski definition) is 5. The monoisotopic (exact) mass is 406 g/mol. The summed E-state index contributed by atoms with van der Waals surface area (Å²) in [6.45, 7) is 1.87. The number of carbonyl (C=O) groups is 1. The Balaban J connectivity index is 1.29. The van der Waals surface area contributed by atoms with E-state index in [1.807, 2.05) is 30.3 Å². The van der Waals surface area contributed by atoms with Crippen molar-refractivity contribution in [2.45, 2.75) is 37.9 Å². The van der Waals surface area contributed by atoms with Crippen LogP contribution in [0.15, 0.2) is 46.9 Å². The molecule has 1 aromatic heterocycles. The van der Waals surface area contributed by atoms with E-state index in [9.17, 15) is 4.79 Å². The highest BCUT2D eigenvalue weighted by molar-refractivity contribution is 5.96. The molecule has 30 heavy (non-hydrogen) atoms. The molecule has 2 atom stereocenters. The Kier molecular flexibility index (Phi) is 4.87. The molecule has 0 bridgehead atoms. The third kappa shape index (κ3) is 3.41. The highest BCUT2D eigenvalue weighted by atomic mass is 16.5. The van der Waals surface area contributed by atoms with E-state index in [1.165, 1.54) is 11.1 Å². The maximum absolute atomic E-state index is 12.7. The molecule has 0 aliphatic carbocycles. The third-order valence-corrected chi connectivity index (χ3v) is 6.36. The van der Waals surface area contributed by atoms with Gasteiger partial charge in [0.1, 0.15) is 5.58 Å². The van der Waals surface area contributed by atoms with Gasteiger partial charge >= 0.3 is 0 Å². The Labute approximate surface area is 175 Å². The summed E-state index contributed by atoms with van der Waals surface area (Å²) in [6, 6.07) is 14.3. The van der Waals surface area contributed by atoms with Gasteiger partial charge in [0.2, 0.25) is 0 Å². The standard InChI is InChI=1S/C24H26N2O4/c1-28-21-11-16-9-19-13-18(7-8-26(19)14-17(16)12-22(21)29-2)25-24(27)23-10-15-5-3-4-6-20(15)30-23/h3-6,10-12,18-19H,7-9,13-14H2,1-2H3,(H,25,27)/t18-,19+/m1/s1. The van der Waals surface area contributed by atoms with Crippen LogP contribution in [0.2, 0.25) is 0 Å². The van der Waals surface area contributed by atoms with Gasteiger partial charge in [-0.25, -0.2) is 0 Å². The molecule has 0 radical (unpaired) electrons. The summed E-state index contributed by atoms with van der Waals surface area (Å²) in [5, 5.41) is 4.14. The van der Waals surface area contributed by atoms with Crippen molar-refractivity contribution < 1.29 is 18.7 Å². The molecule has 0 saturated carbocycles. The fourth-order valence-electron chi connectivity index (χ4n) is 4.77. The van der Waals surface area contributed by atoms with Crippen molar-refractivity contribution >= 4 is 16.9 Å². The van der Waals surface area contributed by atoms with Crippen LogP contribution in [0.25, 0.3) is 11.0 Å². The average Bonchev–Trinajstić information content (AvgIpc) is 3.21. The van der Waals surface area contributed by atoms with Gasteiger partial charge in [-0.05, 0) is 54.7 Å². The third-order valence-electron chi connectivity index (χ3n) is 6.36. The number of nitrogens with one attached hydrogen (secondary N) is 1. The lowest BCUT2D eigenvalue weighted by atomic mass is 9.86. The van der Waals surface area contributed by atoms with Gasteiger partial charge in [0.15, 0.2) is 17.3 Å².